The smallest absolute Gasteiger partial charge is 0.183 e. The molecule has 2 fully saturated rings. The van der Waals surface area contributed by atoms with Crippen molar-refractivity contribution >= 4 is 72.5 Å². The molecule has 30 heavy (non-hydrogen) atoms. The number of anilines is 1. The molecule has 1 unspecified atom stereocenters. The number of amidine groups is 1. The number of hydrogen-bond acceptors (Lipinski definition) is 5. The van der Waals surface area contributed by atoms with Gasteiger partial charge in [-0.15, -0.1) is 0 Å². The minimum atomic E-state index is 0.537. The van der Waals surface area contributed by atoms with Crippen LogP contribution in [0.15, 0.2) is 41.4 Å². The van der Waals surface area contributed by atoms with Gasteiger partial charge in [0.15, 0.2) is 10.3 Å². The highest BCUT2D eigenvalue weighted by Gasteiger charge is 2.39. The number of nitrogens with one attached hydrogen (secondary N) is 1. The number of aliphatic imine (C=N–C) groups is 1. The lowest BCUT2D eigenvalue weighted by Crippen LogP contribution is -2.30. The number of aromatic nitrogens is 1. The molecule has 3 aromatic rings. The number of halogens is 2. The van der Waals surface area contributed by atoms with Crippen molar-refractivity contribution in [3.8, 4) is 0 Å². The summed E-state index contributed by atoms with van der Waals surface area (Å²) in [6, 6.07) is 12.9. The highest BCUT2D eigenvalue weighted by molar-refractivity contribution is 8.14. The van der Waals surface area contributed by atoms with Crippen LogP contribution in [0.1, 0.15) is 24.8 Å². The maximum Gasteiger partial charge on any atom is 0.183 e. The van der Waals surface area contributed by atoms with E-state index >= 15 is 0 Å². The summed E-state index contributed by atoms with van der Waals surface area (Å²) >= 11 is 15.7. The van der Waals surface area contributed by atoms with Crippen molar-refractivity contribution < 1.29 is 0 Å². The fourth-order valence-electron chi connectivity index (χ4n) is 4.11. The molecule has 1 N–H and O–H groups in total. The molecule has 1 saturated carbocycles. The Labute approximate surface area is 194 Å². The van der Waals surface area contributed by atoms with E-state index in [1.165, 1.54) is 24.8 Å². The highest BCUT2D eigenvalue weighted by Crippen LogP contribution is 2.41. The first-order chi connectivity index (χ1) is 14.6. The monoisotopic (exact) mass is 476 g/mol. The number of rotatable bonds is 5. The highest BCUT2D eigenvalue weighted by atomic mass is 35.5. The van der Waals surface area contributed by atoms with Crippen LogP contribution in [-0.4, -0.2) is 39.9 Å². The largest absolute Gasteiger partial charge is 0.361 e. The summed E-state index contributed by atoms with van der Waals surface area (Å²) in [5.41, 5.74) is 3.18. The molecule has 2 aromatic carbocycles. The molecule has 0 spiro atoms. The molecular weight excluding hydrogens is 455 g/mol. The van der Waals surface area contributed by atoms with E-state index in [1.54, 1.807) is 11.3 Å². The topological polar surface area (TPSA) is 40.5 Å². The number of thioether (sulfide) groups is 1. The summed E-state index contributed by atoms with van der Waals surface area (Å²) in [5, 5.41) is 7.29. The molecule has 0 amide bonds. The Balaban J connectivity index is 1.18. The summed E-state index contributed by atoms with van der Waals surface area (Å²) in [7, 11) is 2.19. The van der Waals surface area contributed by atoms with Gasteiger partial charge in [-0.05, 0) is 49.1 Å². The standard InChI is InChI=1S/C22H22Cl2N4S2/c1-28-18-3-2-4-19(18)30-22(28)26-14-7-5-13(6-8-14)9-10-25-21-27-17-11-15(23)16(24)12-20(17)29-21/h5-8,11-12,18-19H,2-4,9-10H2,1H3,(H,25,27)/b26-22-/t18-,19?/m1/s1. The maximum absolute atomic E-state index is 6.09. The van der Waals surface area contributed by atoms with Crippen molar-refractivity contribution in [1.29, 1.82) is 0 Å². The van der Waals surface area contributed by atoms with E-state index in [0.29, 0.717) is 16.1 Å². The molecule has 2 aliphatic rings. The maximum atomic E-state index is 6.09. The van der Waals surface area contributed by atoms with E-state index in [0.717, 1.165) is 44.4 Å². The molecule has 0 radical (unpaired) electrons. The van der Waals surface area contributed by atoms with Gasteiger partial charge in [-0.25, -0.2) is 9.98 Å². The van der Waals surface area contributed by atoms with Gasteiger partial charge in [-0.2, -0.15) is 0 Å². The first-order valence-corrected chi connectivity index (χ1v) is 12.6. The van der Waals surface area contributed by atoms with Crippen LogP contribution in [0, 0.1) is 0 Å². The third kappa shape index (κ3) is 4.15. The Bertz CT molecular complexity index is 1060. The second kappa shape index (κ2) is 8.58. The van der Waals surface area contributed by atoms with E-state index in [1.807, 2.05) is 23.9 Å². The van der Waals surface area contributed by atoms with Crippen molar-refractivity contribution in [3.63, 3.8) is 0 Å². The fraction of sp³-hybridized carbons (Fsp3) is 0.364. The third-order valence-corrected chi connectivity index (χ3v) is 8.90. The molecule has 5 rings (SSSR count). The minimum Gasteiger partial charge on any atom is -0.361 e. The van der Waals surface area contributed by atoms with Gasteiger partial charge < -0.3 is 10.2 Å². The second-order valence-electron chi connectivity index (χ2n) is 7.76. The quantitative estimate of drug-likeness (QED) is 0.437. The van der Waals surface area contributed by atoms with Gasteiger partial charge in [0.25, 0.3) is 0 Å². The van der Waals surface area contributed by atoms with Gasteiger partial charge in [0.05, 0.1) is 25.9 Å². The predicted molar refractivity (Wildman–Crippen MR) is 132 cm³/mol. The molecule has 1 aliphatic heterocycles. The Morgan fingerprint density at radius 3 is 2.77 bits per heavy atom. The molecule has 1 aliphatic carbocycles. The van der Waals surface area contributed by atoms with Crippen LogP contribution >= 0.6 is 46.3 Å². The van der Waals surface area contributed by atoms with Crippen LogP contribution in [0.4, 0.5) is 10.8 Å². The average Bonchev–Trinajstić information content (AvgIpc) is 3.41. The van der Waals surface area contributed by atoms with Crippen LogP contribution in [0.5, 0.6) is 0 Å². The molecule has 8 heteroatoms. The van der Waals surface area contributed by atoms with Gasteiger partial charge in [-0.1, -0.05) is 64.9 Å². The average molecular weight is 477 g/mol. The summed E-state index contributed by atoms with van der Waals surface area (Å²) in [6.45, 7) is 0.817. The Morgan fingerprint density at radius 2 is 1.97 bits per heavy atom. The van der Waals surface area contributed by atoms with Crippen LogP contribution in [-0.2, 0) is 6.42 Å². The molecule has 2 heterocycles. The molecule has 0 bridgehead atoms. The van der Waals surface area contributed by atoms with Crippen molar-refractivity contribution in [3.05, 3.63) is 52.0 Å². The van der Waals surface area contributed by atoms with E-state index in [9.17, 15) is 0 Å². The van der Waals surface area contributed by atoms with Gasteiger partial charge in [0, 0.05) is 24.9 Å². The van der Waals surface area contributed by atoms with Crippen LogP contribution in [0.2, 0.25) is 10.0 Å². The first-order valence-electron chi connectivity index (χ1n) is 10.1. The van der Waals surface area contributed by atoms with Crippen LogP contribution < -0.4 is 5.32 Å². The van der Waals surface area contributed by atoms with Crippen LogP contribution in [0.3, 0.4) is 0 Å². The normalized spacial score (nSPS) is 22.2. The lowest BCUT2D eigenvalue weighted by Gasteiger charge is -2.19. The van der Waals surface area contributed by atoms with Crippen molar-refractivity contribution in [2.24, 2.45) is 4.99 Å². The van der Waals surface area contributed by atoms with Gasteiger partial charge >= 0.3 is 0 Å². The zero-order valence-electron chi connectivity index (χ0n) is 16.6. The number of fused-ring (bicyclic) bond motifs is 2. The molecular formula is C22H22Cl2N4S2. The number of hydrogen-bond donors (Lipinski definition) is 1. The Kier molecular flexibility index (Phi) is 5.84. The summed E-state index contributed by atoms with van der Waals surface area (Å²) in [4.78, 5) is 11.9. The van der Waals surface area contributed by atoms with Gasteiger partial charge in [0.1, 0.15) is 0 Å². The summed E-state index contributed by atoms with van der Waals surface area (Å²) in [6.07, 6.45) is 4.89. The van der Waals surface area contributed by atoms with Crippen LogP contribution in [0.25, 0.3) is 10.2 Å². The van der Waals surface area contributed by atoms with Gasteiger partial charge in [-0.3, -0.25) is 0 Å². The molecule has 156 valence electrons. The third-order valence-electron chi connectivity index (χ3n) is 5.76. The van der Waals surface area contributed by atoms with Crippen molar-refractivity contribution in [2.45, 2.75) is 37.0 Å². The van der Waals surface area contributed by atoms with Crippen molar-refractivity contribution in [2.75, 3.05) is 18.9 Å². The lowest BCUT2D eigenvalue weighted by molar-refractivity contribution is 0.397. The van der Waals surface area contributed by atoms with E-state index in [4.69, 9.17) is 28.2 Å². The number of nitrogens with zero attached hydrogens (tertiary/aromatic N) is 3. The zero-order chi connectivity index (χ0) is 20.7. The Hall–Kier alpha value is -1.47. The number of benzene rings is 2. The zero-order valence-corrected chi connectivity index (χ0v) is 19.7. The molecule has 4 nitrogen and oxygen atoms in total. The summed E-state index contributed by atoms with van der Waals surface area (Å²) in [5.74, 6) is 0. The first kappa shape index (κ1) is 20.4. The molecule has 2 atom stereocenters. The molecule has 1 aromatic heterocycles. The second-order valence-corrected chi connectivity index (χ2v) is 10.8. The molecule has 1 saturated heterocycles. The number of thiazole rings is 1. The van der Waals surface area contributed by atoms with E-state index < -0.39 is 0 Å². The SMILES string of the molecule is CN1/C(=N/c2ccc(CCNc3nc4cc(Cl)c(Cl)cc4s3)cc2)SC2CCC[C@H]21. The van der Waals surface area contributed by atoms with E-state index in [2.05, 4.69) is 46.5 Å². The summed E-state index contributed by atoms with van der Waals surface area (Å²) < 4.78 is 1.04. The minimum absolute atomic E-state index is 0.537. The predicted octanol–water partition coefficient (Wildman–Crippen LogP) is 6.84. The van der Waals surface area contributed by atoms with Crippen molar-refractivity contribution in [1.82, 2.24) is 9.88 Å². The van der Waals surface area contributed by atoms with Gasteiger partial charge in [0.2, 0.25) is 0 Å². The van der Waals surface area contributed by atoms with E-state index in [-0.39, 0.29) is 0 Å². The Morgan fingerprint density at radius 1 is 1.17 bits per heavy atom. The fourth-order valence-corrected chi connectivity index (χ4v) is 6.90. The lowest BCUT2D eigenvalue weighted by atomic mass is 10.1.